The zero-order valence-electron chi connectivity index (χ0n) is 11.4. The van der Waals surface area contributed by atoms with Crippen LogP contribution in [0.2, 0.25) is 0 Å². The number of pyridine rings is 1. The minimum atomic E-state index is 0.152. The van der Waals surface area contributed by atoms with Crippen LogP contribution in [-0.2, 0) is 0 Å². The number of nitrogens with zero attached hydrogens (tertiary/aromatic N) is 1. The Labute approximate surface area is 115 Å². The van der Waals surface area contributed by atoms with Crippen molar-refractivity contribution >= 4 is 17.4 Å². The molecule has 1 aromatic heterocycles. The highest BCUT2D eigenvalue weighted by Gasteiger charge is 2.09. The summed E-state index contributed by atoms with van der Waals surface area (Å²) < 4.78 is 5.72. The SMILES string of the molecule is CCC(CCCl)CNc1ncccc1OC(C)C. The molecular formula is C14H23ClN2O. The van der Waals surface area contributed by atoms with Crippen molar-refractivity contribution in [3.8, 4) is 5.75 Å². The van der Waals surface area contributed by atoms with Gasteiger partial charge in [-0.1, -0.05) is 13.3 Å². The van der Waals surface area contributed by atoms with E-state index in [0.29, 0.717) is 11.8 Å². The summed E-state index contributed by atoms with van der Waals surface area (Å²) in [6, 6.07) is 3.83. The van der Waals surface area contributed by atoms with Crippen LogP contribution in [0.5, 0.6) is 5.75 Å². The third kappa shape index (κ3) is 5.13. The quantitative estimate of drug-likeness (QED) is 0.727. The van der Waals surface area contributed by atoms with E-state index in [0.717, 1.165) is 31.0 Å². The molecule has 1 rings (SSSR count). The van der Waals surface area contributed by atoms with Crippen molar-refractivity contribution in [2.75, 3.05) is 17.7 Å². The van der Waals surface area contributed by atoms with Crippen LogP contribution in [0.15, 0.2) is 18.3 Å². The number of hydrogen-bond acceptors (Lipinski definition) is 3. The van der Waals surface area contributed by atoms with Crippen molar-refractivity contribution < 1.29 is 4.74 Å². The van der Waals surface area contributed by atoms with E-state index < -0.39 is 0 Å². The lowest BCUT2D eigenvalue weighted by atomic mass is 10.0. The Balaban J connectivity index is 2.60. The van der Waals surface area contributed by atoms with Gasteiger partial charge in [-0.3, -0.25) is 0 Å². The molecule has 4 heteroatoms. The van der Waals surface area contributed by atoms with Crippen LogP contribution in [0.1, 0.15) is 33.6 Å². The molecule has 18 heavy (non-hydrogen) atoms. The number of ether oxygens (including phenoxy) is 1. The summed E-state index contributed by atoms with van der Waals surface area (Å²) in [7, 11) is 0. The van der Waals surface area contributed by atoms with Crippen LogP contribution in [0.4, 0.5) is 5.82 Å². The lowest BCUT2D eigenvalue weighted by molar-refractivity contribution is 0.243. The maximum absolute atomic E-state index is 5.79. The summed E-state index contributed by atoms with van der Waals surface area (Å²) in [6.07, 6.45) is 4.07. The Kier molecular flexibility index (Phi) is 6.88. The van der Waals surface area contributed by atoms with E-state index in [1.165, 1.54) is 0 Å². The highest BCUT2D eigenvalue weighted by Crippen LogP contribution is 2.23. The van der Waals surface area contributed by atoms with Crippen molar-refractivity contribution in [1.82, 2.24) is 4.98 Å². The molecule has 0 radical (unpaired) electrons. The van der Waals surface area contributed by atoms with Crippen LogP contribution in [0.3, 0.4) is 0 Å². The Bertz CT molecular complexity index is 344. The molecule has 0 saturated carbocycles. The van der Waals surface area contributed by atoms with Crippen molar-refractivity contribution in [3.05, 3.63) is 18.3 Å². The van der Waals surface area contributed by atoms with E-state index in [9.17, 15) is 0 Å². The fraction of sp³-hybridized carbons (Fsp3) is 0.643. The first-order valence-electron chi connectivity index (χ1n) is 6.58. The smallest absolute Gasteiger partial charge is 0.168 e. The Hall–Kier alpha value is -0.960. The van der Waals surface area contributed by atoms with Crippen molar-refractivity contribution in [3.63, 3.8) is 0 Å². The van der Waals surface area contributed by atoms with Gasteiger partial charge in [0.2, 0.25) is 0 Å². The average Bonchev–Trinajstić information content (AvgIpc) is 2.35. The molecule has 0 amide bonds. The van der Waals surface area contributed by atoms with Gasteiger partial charge in [0.05, 0.1) is 6.10 Å². The molecule has 0 bridgehead atoms. The second kappa shape index (κ2) is 8.20. The average molecular weight is 271 g/mol. The van der Waals surface area contributed by atoms with Gasteiger partial charge in [0.15, 0.2) is 11.6 Å². The van der Waals surface area contributed by atoms with Crippen LogP contribution < -0.4 is 10.1 Å². The van der Waals surface area contributed by atoms with Crippen molar-refractivity contribution in [2.24, 2.45) is 5.92 Å². The fourth-order valence-electron chi connectivity index (χ4n) is 1.72. The maximum atomic E-state index is 5.79. The summed E-state index contributed by atoms with van der Waals surface area (Å²) in [4.78, 5) is 4.33. The van der Waals surface area contributed by atoms with Gasteiger partial charge in [-0.2, -0.15) is 0 Å². The second-order valence-electron chi connectivity index (χ2n) is 4.65. The van der Waals surface area contributed by atoms with E-state index in [1.807, 2.05) is 26.0 Å². The largest absolute Gasteiger partial charge is 0.487 e. The Morgan fingerprint density at radius 3 is 2.83 bits per heavy atom. The Morgan fingerprint density at radius 1 is 1.44 bits per heavy atom. The summed E-state index contributed by atoms with van der Waals surface area (Å²) in [6.45, 7) is 7.09. The third-order valence-electron chi connectivity index (χ3n) is 2.79. The number of nitrogens with one attached hydrogen (secondary N) is 1. The minimum absolute atomic E-state index is 0.152. The molecule has 3 nitrogen and oxygen atoms in total. The molecule has 0 saturated heterocycles. The van der Waals surface area contributed by atoms with Crippen LogP contribution in [-0.4, -0.2) is 23.5 Å². The third-order valence-corrected chi connectivity index (χ3v) is 3.00. The summed E-state index contributed by atoms with van der Waals surface area (Å²) in [5.74, 6) is 2.92. The van der Waals surface area contributed by atoms with Gasteiger partial charge in [-0.25, -0.2) is 4.98 Å². The number of anilines is 1. The van der Waals surface area contributed by atoms with Crippen molar-refractivity contribution in [1.29, 1.82) is 0 Å². The first-order valence-corrected chi connectivity index (χ1v) is 7.12. The molecule has 1 heterocycles. The molecule has 1 N–H and O–H groups in total. The van der Waals surface area contributed by atoms with E-state index >= 15 is 0 Å². The number of alkyl halides is 1. The van der Waals surface area contributed by atoms with Crippen LogP contribution >= 0.6 is 11.6 Å². The molecule has 1 unspecified atom stereocenters. The van der Waals surface area contributed by atoms with Gasteiger partial charge in [0.25, 0.3) is 0 Å². The summed E-state index contributed by atoms with van der Waals surface area (Å²) in [5, 5.41) is 3.36. The monoisotopic (exact) mass is 270 g/mol. The lowest BCUT2D eigenvalue weighted by Gasteiger charge is -2.17. The fourth-order valence-corrected chi connectivity index (χ4v) is 2.03. The highest BCUT2D eigenvalue weighted by atomic mass is 35.5. The van der Waals surface area contributed by atoms with Gasteiger partial charge in [0, 0.05) is 18.6 Å². The molecule has 1 atom stereocenters. The number of halogens is 1. The highest BCUT2D eigenvalue weighted by molar-refractivity contribution is 6.17. The van der Waals surface area contributed by atoms with E-state index in [1.54, 1.807) is 6.20 Å². The van der Waals surface area contributed by atoms with Gasteiger partial charge in [-0.05, 0) is 38.3 Å². The first kappa shape index (κ1) is 15.1. The number of aromatic nitrogens is 1. The van der Waals surface area contributed by atoms with Gasteiger partial charge in [-0.15, -0.1) is 11.6 Å². The lowest BCUT2D eigenvalue weighted by Crippen LogP contribution is -2.16. The number of rotatable bonds is 8. The van der Waals surface area contributed by atoms with Gasteiger partial charge >= 0.3 is 0 Å². The maximum Gasteiger partial charge on any atom is 0.168 e. The molecular weight excluding hydrogens is 248 g/mol. The van der Waals surface area contributed by atoms with Crippen LogP contribution in [0.25, 0.3) is 0 Å². The molecule has 0 aliphatic carbocycles. The van der Waals surface area contributed by atoms with Crippen LogP contribution in [0, 0.1) is 5.92 Å². The zero-order valence-corrected chi connectivity index (χ0v) is 12.2. The molecule has 0 aliphatic rings. The summed E-state index contributed by atoms with van der Waals surface area (Å²) in [5.41, 5.74) is 0. The normalized spacial score (nSPS) is 12.5. The van der Waals surface area contributed by atoms with E-state index in [2.05, 4.69) is 17.2 Å². The van der Waals surface area contributed by atoms with Gasteiger partial charge in [0.1, 0.15) is 0 Å². The van der Waals surface area contributed by atoms with Gasteiger partial charge < -0.3 is 10.1 Å². The first-order chi connectivity index (χ1) is 8.67. The number of hydrogen-bond donors (Lipinski definition) is 1. The molecule has 0 aliphatic heterocycles. The zero-order chi connectivity index (χ0) is 13.4. The molecule has 102 valence electrons. The molecule has 0 fully saturated rings. The Morgan fingerprint density at radius 2 is 2.22 bits per heavy atom. The predicted octanol–water partition coefficient (Wildman–Crippen LogP) is 3.94. The predicted molar refractivity (Wildman–Crippen MR) is 77.6 cm³/mol. The molecule has 0 aromatic carbocycles. The topological polar surface area (TPSA) is 34.2 Å². The van der Waals surface area contributed by atoms with E-state index in [4.69, 9.17) is 16.3 Å². The molecule has 0 spiro atoms. The molecule has 1 aromatic rings. The van der Waals surface area contributed by atoms with Crippen molar-refractivity contribution in [2.45, 2.75) is 39.7 Å². The summed E-state index contributed by atoms with van der Waals surface area (Å²) >= 11 is 5.79. The standard InChI is InChI=1S/C14H23ClN2O/c1-4-12(7-8-15)10-17-14-13(18-11(2)3)6-5-9-16-14/h5-6,9,11-12H,4,7-8,10H2,1-3H3,(H,16,17). The minimum Gasteiger partial charge on any atom is -0.487 e. The van der Waals surface area contributed by atoms with E-state index in [-0.39, 0.29) is 6.10 Å². The second-order valence-corrected chi connectivity index (χ2v) is 5.03.